The molecule has 4 nitrogen and oxygen atoms in total. The molecule has 0 saturated carbocycles. The summed E-state index contributed by atoms with van der Waals surface area (Å²) in [6.45, 7) is 3.10. The van der Waals surface area contributed by atoms with E-state index in [0.717, 1.165) is 25.2 Å². The third kappa shape index (κ3) is 3.52. The second kappa shape index (κ2) is 6.89. The molecule has 1 aliphatic heterocycles. The molecular weight excluding hydrogens is 294 g/mol. The molecule has 0 radical (unpaired) electrons. The van der Waals surface area contributed by atoms with Gasteiger partial charge >= 0.3 is 0 Å². The van der Waals surface area contributed by atoms with Gasteiger partial charge in [0.1, 0.15) is 4.88 Å². The summed E-state index contributed by atoms with van der Waals surface area (Å²) in [5.74, 6) is -0.104. The van der Waals surface area contributed by atoms with Crippen molar-refractivity contribution in [3.05, 3.63) is 20.8 Å². The molecule has 2 heterocycles. The molecule has 20 heavy (non-hydrogen) atoms. The maximum absolute atomic E-state index is 11.7. The van der Waals surface area contributed by atoms with E-state index in [4.69, 9.17) is 11.6 Å². The summed E-state index contributed by atoms with van der Waals surface area (Å²) in [6, 6.07) is 0.602. The van der Waals surface area contributed by atoms with Gasteiger partial charge in [-0.3, -0.25) is 9.69 Å². The van der Waals surface area contributed by atoms with Crippen LogP contribution >= 0.6 is 22.9 Å². The summed E-state index contributed by atoms with van der Waals surface area (Å²) in [6.07, 6.45) is 2.38. The van der Waals surface area contributed by atoms with E-state index in [2.05, 4.69) is 29.2 Å². The van der Waals surface area contributed by atoms with Crippen LogP contribution in [0.5, 0.6) is 0 Å². The fourth-order valence-corrected chi connectivity index (χ4v) is 3.88. The maximum Gasteiger partial charge on any atom is 0.262 e. The van der Waals surface area contributed by atoms with Gasteiger partial charge in [0.2, 0.25) is 0 Å². The van der Waals surface area contributed by atoms with Crippen molar-refractivity contribution >= 4 is 28.8 Å². The zero-order valence-electron chi connectivity index (χ0n) is 12.3. The van der Waals surface area contributed by atoms with Crippen molar-refractivity contribution < 1.29 is 4.79 Å². The van der Waals surface area contributed by atoms with E-state index < -0.39 is 0 Å². The van der Waals surface area contributed by atoms with Gasteiger partial charge in [0.25, 0.3) is 5.91 Å². The highest BCUT2D eigenvalue weighted by Gasteiger charge is 2.22. The number of thiophene rings is 1. The van der Waals surface area contributed by atoms with Crippen LogP contribution in [0, 0.1) is 0 Å². The molecule has 1 aliphatic rings. The fourth-order valence-electron chi connectivity index (χ4n) is 2.59. The number of nitrogens with zero attached hydrogens (tertiary/aromatic N) is 2. The molecule has 1 N–H and O–H groups in total. The Hall–Kier alpha value is -0.620. The molecule has 1 fully saturated rings. The van der Waals surface area contributed by atoms with E-state index in [-0.39, 0.29) is 5.91 Å². The zero-order chi connectivity index (χ0) is 14.7. The van der Waals surface area contributed by atoms with E-state index in [1.165, 1.54) is 24.2 Å². The van der Waals surface area contributed by atoms with Gasteiger partial charge in [0.05, 0.1) is 5.02 Å². The Morgan fingerprint density at radius 2 is 2.20 bits per heavy atom. The van der Waals surface area contributed by atoms with Crippen molar-refractivity contribution in [3.8, 4) is 0 Å². The fraction of sp³-hybridized carbons (Fsp3) is 0.643. The molecule has 1 aromatic heterocycles. The van der Waals surface area contributed by atoms with E-state index in [1.54, 1.807) is 7.05 Å². The van der Waals surface area contributed by atoms with Crippen molar-refractivity contribution in [1.82, 2.24) is 15.1 Å². The van der Waals surface area contributed by atoms with Gasteiger partial charge in [0.15, 0.2) is 0 Å². The first kappa shape index (κ1) is 15.8. The highest BCUT2D eigenvalue weighted by molar-refractivity contribution is 7.13. The third-order valence-electron chi connectivity index (χ3n) is 3.96. The Bertz CT molecular complexity index is 469. The summed E-state index contributed by atoms with van der Waals surface area (Å²) in [7, 11) is 5.94. The number of nitrogens with one attached hydrogen (secondary N) is 1. The first-order valence-electron chi connectivity index (χ1n) is 6.89. The summed E-state index contributed by atoms with van der Waals surface area (Å²) >= 11 is 7.74. The van der Waals surface area contributed by atoms with Crippen LogP contribution in [0.25, 0.3) is 0 Å². The minimum Gasteiger partial charge on any atom is -0.354 e. The van der Waals surface area contributed by atoms with Gasteiger partial charge in [-0.1, -0.05) is 11.6 Å². The van der Waals surface area contributed by atoms with Crippen LogP contribution in [0.4, 0.5) is 0 Å². The Kier molecular flexibility index (Phi) is 5.43. The van der Waals surface area contributed by atoms with Crippen molar-refractivity contribution in [2.24, 2.45) is 0 Å². The van der Waals surface area contributed by atoms with Crippen molar-refractivity contribution in [3.63, 3.8) is 0 Å². The van der Waals surface area contributed by atoms with Gasteiger partial charge in [-0.15, -0.1) is 11.3 Å². The molecule has 112 valence electrons. The van der Waals surface area contributed by atoms with Crippen LogP contribution in [0.1, 0.15) is 28.1 Å². The van der Waals surface area contributed by atoms with Gasteiger partial charge < -0.3 is 10.2 Å². The monoisotopic (exact) mass is 315 g/mol. The average Bonchev–Trinajstić information content (AvgIpc) is 2.80. The average molecular weight is 316 g/mol. The van der Waals surface area contributed by atoms with Crippen molar-refractivity contribution in [2.45, 2.75) is 25.4 Å². The molecule has 0 aliphatic carbocycles. The second-order valence-electron chi connectivity index (χ2n) is 5.43. The minimum absolute atomic E-state index is 0.104. The first-order valence-corrected chi connectivity index (χ1v) is 8.15. The van der Waals surface area contributed by atoms with E-state index in [9.17, 15) is 4.79 Å². The van der Waals surface area contributed by atoms with Crippen LogP contribution in [0.15, 0.2) is 5.38 Å². The quantitative estimate of drug-likeness (QED) is 0.926. The second-order valence-corrected chi connectivity index (χ2v) is 6.69. The predicted octanol–water partition coefficient (Wildman–Crippen LogP) is 2.29. The Morgan fingerprint density at radius 1 is 1.55 bits per heavy atom. The van der Waals surface area contributed by atoms with E-state index >= 15 is 0 Å². The molecule has 1 amide bonds. The lowest BCUT2D eigenvalue weighted by molar-refractivity contribution is 0.0967. The van der Waals surface area contributed by atoms with Crippen LogP contribution in [-0.4, -0.2) is 56.0 Å². The maximum atomic E-state index is 11.7. The van der Waals surface area contributed by atoms with Crippen LogP contribution in [0.2, 0.25) is 5.02 Å². The molecule has 6 heteroatoms. The molecule has 0 bridgehead atoms. The molecule has 0 atom stereocenters. The highest BCUT2D eigenvalue weighted by Crippen LogP contribution is 2.29. The topological polar surface area (TPSA) is 35.6 Å². The molecule has 0 aromatic carbocycles. The lowest BCUT2D eigenvalue weighted by atomic mass is 10.0. The Labute approximate surface area is 129 Å². The molecule has 0 unspecified atom stereocenters. The number of piperidine rings is 1. The highest BCUT2D eigenvalue weighted by atomic mass is 35.5. The molecule has 1 saturated heterocycles. The van der Waals surface area contributed by atoms with Gasteiger partial charge in [0, 0.05) is 19.6 Å². The molecule has 0 spiro atoms. The number of halogens is 1. The standard InChI is InChI=1S/C14H22ClN3OS/c1-16-14(19)13-12(15)10(9-20-13)8-18(3)11-4-6-17(2)7-5-11/h9,11H,4-8H2,1-3H3,(H,16,19). The Morgan fingerprint density at radius 3 is 2.80 bits per heavy atom. The minimum atomic E-state index is -0.104. The zero-order valence-corrected chi connectivity index (χ0v) is 13.9. The summed E-state index contributed by atoms with van der Waals surface area (Å²) in [5.41, 5.74) is 1.05. The Balaban J connectivity index is 1.99. The van der Waals surface area contributed by atoms with Gasteiger partial charge in [-0.05, 0) is 51.0 Å². The normalized spacial score (nSPS) is 17.6. The number of hydrogen-bond acceptors (Lipinski definition) is 4. The lowest BCUT2D eigenvalue weighted by Crippen LogP contribution is -2.41. The number of hydrogen-bond donors (Lipinski definition) is 1. The number of carbonyl (C=O) groups excluding carboxylic acids is 1. The summed E-state index contributed by atoms with van der Waals surface area (Å²) in [4.78, 5) is 17.0. The third-order valence-corrected chi connectivity index (χ3v) is 5.54. The van der Waals surface area contributed by atoms with E-state index in [1.807, 2.05) is 5.38 Å². The predicted molar refractivity (Wildman–Crippen MR) is 84.7 cm³/mol. The first-order chi connectivity index (χ1) is 9.52. The van der Waals surface area contributed by atoms with E-state index in [0.29, 0.717) is 15.9 Å². The summed E-state index contributed by atoms with van der Waals surface area (Å²) < 4.78 is 0. The smallest absolute Gasteiger partial charge is 0.262 e. The van der Waals surface area contributed by atoms with Crippen LogP contribution < -0.4 is 5.32 Å². The number of amides is 1. The largest absolute Gasteiger partial charge is 0.354 e. The lowest BCUT2D eigenvalue weighted by Gasteiger charge is -2.35. The van der Waals surface area contributed by atoms with Crippen LogP contribution in [0.3, 0.4) is 0 Å². The summed E-state index contributed by atoms with van der Waals surface area (Å²) in [5, 5.41) is 5.23. The van der Waals surface area contributed by atoms with Crippen molar-refractivity contribution in [1.29, 1.82) is 0 Å². The van der Waals surface area contributed by atoms with Gasteiger partial charge in [-0.2, -0.15) is 0 Å². The van der Waals surface area contributed by atoms with Crippen LogP contribution in [-0.2, 0) is 6.54 Å². The number of carbonyl (C=O) groups is 1. The molecular formula is C14H22ClN3OS. The molecule has 1 aromatic rings. The van der Waals surface area contributed by atoms with Gasteiger partial charge in [-0.25, -0.2) is 0 Å². The number of rotatable bonds is 4. The molecule has 2 rings (SSSR count). The number of likely N-dealkylation sites (tertiary alicyclic amines) is 1. The SMILES string of the molecule is CNC(=O)c1scc(CN(C)C2CCN(C)CC2)c1Cl. The van der Waals surface area contributed by atoms with Crippen molar-refractivity contribution in [2.75, 3.05) is 34.2 Å².